The fourth-order valence-electron chi connectivity index (χ4n) is 3.44. The van der Waals surface area contributed by atoms with Crippen molar-refractivity contribution in [2.75, 3.05) is 26.3 Å². The first-order valence-corrected chi connectivity index (χ1v) is 9.77. The SMILES string of the molecule is O=C(C(Cn1ccc(-c2nnc(C(F)F)o2)cc1=O)c1ccccc1)N1CCOCC1. The second-order valence-corrected chi connectivity index (χ2v) is 7.05. The molecule has 0 saturated carbocycles. The minimum Gasteiger partial charge on any atom is -0.415 e. The van der Waals surface area contributed by atoms with Gasteiger partial charge >= 0.3 is 6.43 Å². The Hall–Kier alpha value is -3.40. The van der Waals surface area contributed by atoms with Crippen molar-refractivity contribution < 1.29 is 22.7 Å². The number of nitrogens with zero attached hydrogens (tertiary/aromatic N) is 4. The summed E-state index contributed by atoms with van der Waals surface area (Å²) in [5.74, 6) is -1.61. The first-order chi connectivity index (χ1) is 15.0. The Morgan fingerprint density at radius 1 is 1.10 bits per heavy atom. The maximum absolute atomic E-state index is 13.2. The number of benzene rings is 1. The summed E-state index contributed by atoms with van der Waals surface area (Å²) in [4.78, 5) is 27.7. The van der Waals surface area contributed by atoms with E-state index in [9.17, 15) is 18.4 Å². The molecule has 2 aromatic heterocycles. The van der Waals surface area contributed by atoms with E-state index in [2.05, 4.69) is 10.2 Å². The summed E-state index contributed by atoms with van der Waals surface area (Å²) >= 11 is 0. The Bertz CT molecular complexity index is 1090. The molecule has 1 aliphatic rings. The molecule has 0 bridgehead atoms. The Morgan fingerprint density at radius 2 is 1.84 bits per heavy atom. The summed E-state index contributed by atoms with van der Waals surface area (Å²) in [6.45, 7) is 2.09. The zero-order valence-electron chi connectivity index (χ0n) is 16.5. The van der Waals surface area contributed by atoms with E-state index >= 15 is 0 Å². The number of amides is 1. The van der Waals surface area contributed by atoms with Gasteiger partial charge in [0, 0.05) is 37.5 Å². The molecule has 31 heavy (non-hydrogen) atoms. The Kier molecular flexibility index (Phi) is 6.17. The van der Waals surface area contributed by atoms with Crippen LogP contribution in [0.25, 0.3) is 11.5 Å². The second-order valence-electron chi connectivity index (χ2n) is 7.05. The number of hydrogen-bond donors (Lipinski definition) is 0. The maximum atomic E-state index is 13.2. The van der Waals surface area contributed by atoms with Gasteiger partial charge in [-0.25, -0.2) is 0 Å². The highest BCUT2D eigenvalue weighted by Gasteiger charge is 2.28. The number of rotatable bonds is 6. The lowest BCUT2D eigenvalue weighted by molar-refractivity contribution is -0.137. The third-order valence-electron chi connectivity index (χ3n) is 5.07. The van der Waals surface area contributed by atoms with Crippen LogP contribution in [0, 0.1) is 0 Å². The van der Waals surface area contributed by atoms with E-state index in [-0.39, 0.29) is 23.9 Å². The fraction of sp³-hybridized carbons (Fsp3) is 0.333. The zero-order chi connectivity index (χ0) is 21.8. The molecule has 1 saturated heterocycles. The van der Waals surface area contributed by atoms with Crippen LogP contribution in [-0.2, 0) is 16.1 Å². The Balaban J connectivity index is 1.60. The summed E-state index contributed by atoms with van der Waals surface area (Å²) in [6, 6.07) is 12.0. The van der Waals surface area contributed by atoms with Gasteiger partial charge in [-0.3, -0.25) is 9.59 Å². The minimum atomic E-state index is -2.89. The predicted molar refractivity (Wildman–Crippen MR) is 106 cm³/mol. The van der Waals surface area contributed by atoms with Gasteiger partial charge in [0.2, 0.25) is 11.8 Å². The molecule has 0 N–H and O–H groups in total. The van der Waals surface area contributed by atoms with Crippen LogP contribution in [0.15, 0.2) is 57.9 Å². The van der Waals surface area contributed by atoms with Gasteiger partial charge in [-0.1, -0.05) is 30.3 Å². The van der Waals surface area contributed by atoms with Crippen LogP contribution in [-0.4, -0.2) is 51.9 Å². The number of ether oxygens (including phenoxy) is 1. The van der Waals surface area contributed by atoms with Crippen molar-refractivity contribution in [3.8, 4) is 11.5 Å². The van der Waals surface area contributed by atoms with Crippen molar-refractivity contribution in [2.24, 2.45) is 0 Å². The van der Waals surface area contributed by atoms with Gasteiger partial charge in [0.25, 0.3) is 11.4 Å². The van der Waals surface area contributed by atoms with Crippen molar-refractivity contribution >= 4 is 5.91 Å². The molecule has 10 heteroatoms. The molecule has 0 spiro atoms. The van der Waals surface area contributed by atoms with Gasteiger partial charge < -0.3 is 18.6 Å². The average Bonchev–Trinajstić information content (AvgIpc) is 3.30. The molecular weight excluding hydrogens is 410 g/mol. The normalized spacial score (nSPS) is 15.3. The third-order valence-corrected chi connectivity index (χ3v) is 5.07. The summed E-state index contributed by atoms with van der Waals surface area (Å²) < 4.78 is 37.0. The third kappa shape index (κ3) is 4.69. The van der Waals surface area contributed by atoms with Crippen molar-refractivity contribution in [3.63, 3.8) is 0 Å². The molecule has 1 aliphatic heterocycles. The molecular formula is C21H20F2N4O4. The summed E-state index contributed by atoms with van der Waals surface area (Å²) in [6.07, 6.45) is -1.40. The van der Waals surface area contributed by atoms with E-state index in [4.69, 9.17) is 9.15 Å². The second kappa shape index (κ2) is 9.17. The van der Waals surface area contributed by atoms with Gasteiger partial charge in [-0.2, -0.15) is 8.78 Å². The number of hydrogen-bond acceptors (Lipinski definition) is 6. The molecule has 3 heterocycles. The first kappa shape index (κ1) is 20.9. The topological polar surface area (TPSA) is 90.5 Å². The van der Waals surface area contributed by atoms with Crippen LogP contribution in [0.2, 0.25) is 0 Å². The van der Waals surface area contributed by atoms with Crippen molar-refractivity contribution in [1.82, 2.24) is 19.7 Å². The van der Waals surface area contributed by atoms with Crippen LogP contribution in [0.5, 0.6) is 0 Å². The van der Waals surface area contributed by atoms with E-state index in [0.29, 0.717) is 26.3 Å². The smallest absolute Gasteiger partial charge is 0.314 e. The summed E-state index contributed by atoms with van der Waals surface area (Å²) in [5.41, 5.74) is 0.620. The lowest BCUT2D eigenvalue weighted by Crippen LogP contribution is -2.44. The van der Waals surface area contributed by atoms with E-state index < -0.39 is 23.8 Å². The number of alkyl halides is 2. The van der Waals surface area contributed by atoms with Gasteiger partial charge in [0.15, 0.2) is 0 Å². The fourth-order valence-corrected chi connectivity index (χ4v) is 3.44. The zero-order valence-corrected chi connectivity index (χ0v) is 16.5. The molecule has 1 fully saturated rings. The van der Waals surface area contributed by atoms with Crippen molar-refractivity contribution in [2.45, 2.75) is 18.9 Å². The summed E-state index contributed by atoms with van der Waals surface area (Å²) in [7, 11) is 0. The van der Waals surface area contributed by atoms with Crippen molar-refractivity contribution in [3.05, 3.63) is 70.5 Å². The Labute approximate surface area is 176 Å². The van der Waals surface area contributed by atoms with E-state index in [0.717, 1.165) is 5.56 Å². The number of morpholine rings is 1. The largest absolute Gasteiger partial charge is 0.415 e. The number of pyridine rings is 1. The maximum Gasteiger partial charge on any atom is 0.314 e. The molecule has 1 aromatic carbocycles. The molecule has 1 atom stereocenters. The van der Waals surface area contributed by atoms with Gasteiger partial charge in [-0.05, 0) is 11.6 Å². The van der Waals surface area contributed by atoms with Crippen LogP contribution in [0.1, 0.15) is 23.8 Å². The van der Waals surface area contributed by atoms with Crippen LogP contribution in [0.4, 0.5) is 8.78 Å². The highest BCUT2D eigenvalue weighted by Crippen LogP contribution is 2.24. The first-order valence-electron chi connectivity index (χ1n) is 9.77. The molecule has 0 radical (unpaired) electrons. The lowest BCUT2D eigenvalue weighted by Gasteiger charge is -2.31. The van der Waals surface area contributed by atoms with E-state index in [1.165, 1.54) is 22.9 Å². The highest BCUT2D eigenvalue weighted by molar-refractivity contribution is 5.83. The van der Waals surface area contributed by atoms with Gasteiger partial charge in [0.05, 0.1) is 19.1 Å². The molecule has 0 aliphatic carbocycles. The quantitative estimate of drug-likeness (QED) is 0.597. The molecule has 4 rings (SSSR count). The molecule has 3 aromatic rings. The predicted octanol–water partition coefficient (Wildman–Crippen LogP) is 2.48. The number of carbonyl (C=O) groups excluding carboxylic acids is 1. The monoisotopic (exact) mass is 430 g/mol. The molecule has 1 amide bonds. The van der Waals surface area contributed by atoms with Gasteiger partial charge in [-0.15, -0.1) is 10.2 Å². The summed E-state index contributed by atoms with van der Waals surface area (Å²) in [5, 5.41) is 6.83. The molecule has 162 valence electrons. The molecule has 1 unspecified atom stereocenters. The lowest BCUT2D eigenvalue weighted by atomic mass is 9.97. The number of aromatic nitrogens is 3. The van der Waals surface area contributed by atoms with Crippen LogP contribution in [0.3, 0.4) is 0 Å². The highest BCUT2D eigenvalue weighted by atomic mass is 19.3. The van der Waals surface area contributed by atoms with Crippen LogP contribution < -0.4 is 5.56 Å². The van der Waals surface area contributed by atoms with Gasteiger partial charge in [0.1, 0.15) is 0 Å². The van der Waals surface area contributed by atoms with Crippen LogP contribution >= 0.6 is 0 Å². The van der Waals surface area contributed by atoms with E-state index in [1.807, 2.05) is 30.3 Å². The Morgan fingerprint density at radius 3 is 2.48 bits per heavy atom. The number of halogens is 2. The van der Waals surface area contributed by atoms with E-state index in [1.54, 1.807) is 4.90 Å². The van der Waals surface area contributed by atoms with Crippen molar-refractivity contribution in [1.29, 1.82) is 0 Å². The molecule has 8 nitrogen and oxygen atoms in total. The minimum absolute atomic E-state index is 0.0797. The standard InChI is InChI=1S/C21H20F2N4O4/c22-18(23)20-25-24-19(31-20)15-6-7-27(17(28)12-15)13-16(14-4-2-1-3-5-14)21(29)26-8-10-30-11-9-26/h1-7,12,16,18H,8-11,13H2. The average molecular weight is 430 g/mol. The number of carbonyl (C=O) groups is 1.